The Labute approximate surface area is 123 Å². The van der Waals surface area contributed by atoms with Crippen LogP contribution in [0.15, 0.2) is 0 Å². The highest BCUT2D eigenvalue weighted by molar-refractivity contribution is 6.35. The molecule has 6 heteroatoms. The summed E-state index contributed by atoms with van der Waals surface area (Å²) >= 11 is 18.7. The van der Waals surface area contributed by atoms with Crippen molar-refractivity contribution in [3.05, 3.63) is 0 Å². The van der Waals surface area contributed by atoms with Gasteiger partial charge in [-0.1, -0.05) is 0 Å². The molecule has 1 aliphatic heterocycles. The first-order valence-corrected chi connectivity index (χ1v) is 7.90. The molecule has 0 bridgehead atoms. The Morgan fingerprint density at radius 3 is 2.33 bits per heavy atom. The summed E-state index contributed by atoms with van der Waals surface area (Å²) in [5.74, 6) is 0.246. The monoisotopic (exact) mass is 314 g/mol. The Balaban J connectivity index is 2.05. The molecule has 2 aliphatic rings. The summed E-state index contributed by atoms with van der Waals surface area (Å²) in [5.41, 5.74) is 6.34. The highest BCUT2D eigenvalue weighted by atomic mass is 35.5. The van der Waals surface area contributed by atoms with Gasteiger partial charge in [0.15, 0.2) is 0 Å². The third kappa shape index (κ3) is 3.08. The zero-order chi connectivity index (χ0) is 13.3. The van der Waals surface area contributed by atoms with Gasteiger partial charge in [0.25, 0.3) is 0 Å². The maximum Gasteiger partial charge on any atom is 0.0668 e. The number of aliphatic hydroxyl groups excluding tert-OH is 1. The Morgan fingerprint density at radius 1 is 1.11 bits per heavy atom. The predicted octanol–water partition coefficient (Wildman–Crippen LogP) is 1.52. The maximum absolute atomic E-state index is 10.2. The molecule has 1 heterocycles. The third-order valence-corrected chi connectivity index (χ3v) is 6.15. The van der Waals surface area contributed by atoms with E-state index in [0.717, 1.165) is 25.9 Å². The van der Waals surface area contributed by atoms with Crippen molar-refractivity contribution in [1.82, 2.24) is 5.32 Å². The first kappa shape index (κ1) is 15.1. The number of hydrogen-bond acceptors (Lipinski definition) is 3. The van der Waals surface area contributed by atoms with Crippen molar-refractivity contribution in [2.45, 2.75) is 47.5 Å². The van der Waals surface area contributed by atoms with E-state index >= 15 is 0 Å². The fourth-order valence-electron chi connectivity index (χ4n) is 3.15. The van der Waals surface area contributed by atoms with Crippen LogP contribution in [0, 0.1) is 11.8 Å². The normalized spacial score (nSPS) is 44.8. The number of nitrogens with two attached hydrogens (primary N) is 1. The Bertz CT molecular complexity index is 276. The molecule has 1 aliphatic carbocycles. The lowest BCUT2D eigenvalue weighted by atomic mass is 9.74. The number of aliphatic hydroxyl groups is 1. The van der Waals surface area contributed by atoms with Crippen LogP contribution in [0.2, 0.25) is 0 Å². The molecule has 106 valence electrons. The molecule has 0 aromatic rings. The summed E-state index contributed by atoms with van der Waals surface area (Å²) in [7, 11) is 0. The molecule has 2 rings (SSSR count). The van der Waals surface area contributed by atoms with Crippen molar-refractivity contribution in [1.29, 1.82) is 0 Å². The number of alkyl halides is 3. The van der Waals surface area contributed by atoms with Crippen LogP contribution < -0.4 is 11.1 Å². The second kappa shape index (κ2) is 6.47. The summed E-state index contributed by atoms with van der Waals surface area (Å²) in [6.45, 7) is 1.97. The quantitative estimate of drug-likeness (QED) is 0.677. The lowest BCUT2D eigenvalue weighted by Gasteiger charge is -2.44. The smallest absolute Gasteiger partial charge is 0.0668 e. The third-order valence-electron chi connectivity index (χ3n) is 4.30. The number of piperidine rings is 1. The molecule has 0 amide bonds. The number of halogens is 3. The predicted molar refractivity (Wildman–Crippen MR) is 76.6 cm³/mol. The number of nitrogens with one attached hydrogen (secondary N) is 1. The molecule has 6 atom stereocenters. The van der Waals surface area contributed by atoms with E-state index in [2.05, 4.69) is 5.32 Å². The van der Waals surface area contributed by atoms with Crippen LogP contribution in [0.3, 0.4) is 0 Å². The molecule has 4 N–H and O–H groups in total. The van der Waals surface area contributed by atoms with E-state index in [1.165, 1.54) is 0 Å². The van der Waals surface area contributed by atoms with Crippen LogP contribution in [0.25, 0.3) is 0 Å². The van der Waals surface area contributed by atoms with Crippen molar-refractivity contribution in [3.63, 3.8) is 0 Å². The minimum absolute atomic E-state index is 0.102. The van der Waals surface area contributed by atoms with Gasteiger partial charge in [-0.05, 0) is 38.3 Å². The molecule has 0 aromatic heterocycles. The first-order chi connectivity index (χ1) is 8.52. The van der Waals surface area contributed by atoms with Gasteiger partial charge in [0.2, 0.25) is 0 Å². The van der Waals surface area contributed by atoms with Crippen LogP contribution in [0.1, 0.15) is 19.3 Å². The lowest BCUT2D eigenvalue weighted by Crippen LogP contribution is -2.56. The Hall–Kier alpha value is 0.750. The summed E-state index contributed by atoms with van der Waals surface area (Å²) < 4.78 is 0. The second-order valence-electron chi connectivity index (χ2n) is 5.45. The Kier molecular flexibility index (Phi) is 5.44. The maximum atomic E-state index is 10.2. The van der Waals surface area contributed by atoms with Gasteiger partial charge in [-0.25, -0.2) is 0 Å². The average Bonchev–Trinajstić information content (AvgIpc) is 2.37. The highest BCUT2D eigenvalue weighted by Gasteiger charge is 2.46. The van der Waals surface area contributed by atoms with Gasteiger partial charge in [-0.2, -0.15) is 0 Å². The molecule has 2 fully saturated rings. The van der Waals surface area contributed by atoms with E-state index in [-0.39, 0.29) is 28.1 Å². The molecule has 18 heavy (non-hydrogen) atoms. The van der Waals surface area contributed by atoms with E-state index in [9.17, 15) is 5.11 Å². The van der Waals surface area contributed by atoms with Crippen LogP contribution in [0.5, 0.6) is 0 Å². The minimum atomic E-state index is -0.546. The van der Waals surface area contributed by atoms with Gasteiger partial charge < -0.3 is 16.2 Å². The van der Waals surface area contributed by atoms with Crippen molar-refractivity contribution in [2.24, 2.45) is 17.6 Å². The molecule has 0 aromatic carbocycles. The number of rotatable bonds is 2. The van der Waals surface area contributed by atoms with E-state index in [0.29, 0.717) is 12.3 Å². The molecule has 3 nitrogen and oxygen atoms in total. The van der Waals surface area contributed by atoms with E-state index in [4.69, 9.17) is 40.5 Å². The molecular formula is C12H21Cl3N2O. The topological polar surface area (TPSA) is 58.3 Å². The van der Waals surface area contributed by atoms with Gasteiger partial charge in [0, 0.05) is 12.0 Å². The van der Waals surface area contributed by atoms with Gasteiger partial charge in [0.05, 0.1) is 22.2 Å². The zero-order valence-electron chi connectivity index (χ0n) is 10.2. The van der Waals surface area contributed by atoms with Crippen molar-refractivity contribution >= 4 is 34.8 Å². The average molecular weight is 316 g/mol. The van der Waals surface area contributed by atoms with Crippen LogP contribution in [0.4, 0.5) is 0 Å². The van der Waals surface area contributed by atoms with E-state index in [1.807, 2.05) is 0 Å². The summed E-state index contributed by atoms with van der Waals surface area (Å²) in [4.78, 5) is 0. The van der Waals surface area contributed by atoms with Crippen molar-refractivity contribution < 1.29 is 5.11 Å². The van der Waals surface area contributed by atoms with E-state index < -0.39 is 6.10 Å². The fourth-order valence-corrected chi connectivity index (χ4v) is 4.35. The first-order valence-electron chi connectivity index (χ1n) is 6.59. The summed E-state index contributed by atoms with van der Waals surface area (Å²) in [6.07, 6.45) is 1.99. The SMILES string of the molecule is N[C@@H](C1CCNCC1)C1C(O)CC(Cl)C(Cl)C1Cl. The Morgan fingerprint density at radius 2 is 1.72 bits per heavy atom. The van der Waals surface area contributed by atoms with Crippen molar-refractivity contribution in [2.75, 3.05) is 13.1 Å². The van der Waals surface area contributed by atoms with Crippen LogP contribution in [-0.4, -0.2) is 46.5 Å². The second-order valence-corrected chi connectivity index (χ2v) is 7.02. The fraction of sp³-hybridized carbons (Fsp3) is 1.00. The minimum Gasteiger partial charge on any atom is -0.393 e. The van der Waals surface area contributed by atoms with Gasteiger partial charge >= 0.3 is 0 Å². The standard InChI is InChI=1S/C12H21Cl3N2O/c13-7-5-8(18)9(11(15)10(7)14)12(16)6-1-3-17-4-2-6/h6-12,17-18H,1-5,16H2/t7?,8?,9?,10?,11?,12-/m0/s1. The molecule has 1 saturated carbocycles. The summed E-state index contributed by atoms with van der Waals surface area (Å²) in [5, 5.41) is 12.6. The number of hydrogen-bond donors (Lipinski definition) is 3. The molecule has 5 unspecified atom stereocenters. The van der Waals surface area contributed by atoms with Gasteiger partial charge in [0.1, 0.15) is 0 Å². The molecule has 0 spiro atoms. The van der Waals surface area contributed by atoms with Gasteiger partial charge in [-0.15, -0.1) is 34.8 Å². The highest BCUT2D eigenvalue weighted by Crippen LogP contribution is 2.39. The van der Waals surface area contributed by atoms with E-state index in [1.54, 1.807) is 0 Å². The zero-order valence-corrected chi connectivity index (χ0v) is 12.5. The van der Waals surface area contributed by atoms with Crippen LogP contribution >= 0.6 is 34.8 Å². The van der Waals surface area contributed by atoms with Crippen molar-refractivity contribution in [3.8, 4) is 0 Å². The largest absolute Gasteiger partial charge is 0.393 e. The molecule has 0 radical (unpaired) electrons. The molecular weight excluding hydrogens is 295 g/mol. The van der Waals surface area contributed by atoms with Gasteiger partial charge in [-0.3, -0.25) is 0 Å². The van der Waals surface area contributed by atoms with Crippen LogP contribution in [-0.2, 0) is 0 Å². The molecule has 1 saturated heterocycles. The summed E-state index contributed by atoms with van der Waals surface area (Å²) in [6, 6.07) is -0.102. The lowest BCUT2D eigenvalue weighted by molar-refractivity contribution is 0.0453.